The van der Waals surface area contributed by atoms with Crippen molar-refractivity contribution in [3.63, 3.8) is 0 Å². The molecule has 4 rings (SSSR count). The molecule has 1 aliphatic heterocycles. The molecule has 4 nitrogen and oxygen atoms in total. The minimum atomic E-state index is 0.302. The fourth-order valence-corrected chi connectivity index (χ4v) is 4.29. The van der Waals surface area contributed by atoms with E-state index in [4.69, 9.17) is 0 Å². The third kappa shape index (κ3) is 5.35. The first-order valence-electron chi connectivity index (χ1n) is 10.3. The van der Waals surface area contributed by atoms with Gasteiger partial charge in [-0.25, -0.2) is 0 Å². The molecular formula is C26H26IN3O. The Balaban J connectivity index is 1.47. The molecule has 0 fully saturated rings. The minimum Gasteiger partial charge on any atom is -0.507 e. The molecule has 1 aliphatic rings. The van der Waals surface area contributed by atoms with Gasteiger partial charge in [0.2, 0.25) is 0 Å². The summed E-state index contributed by atoms with van der Waals surface area (Å²) in [7, 11) is 4.11. The molecule has 0 unspecified atom stereocenters. The number of phenols is 1. The van der Waals surface area contributed by atoms with E-state index in [0.29, 0.717) is 18.8 Å². The summed E-state index contributed by atoms with van der Waals surface area (Å²) in [6.45, 7) is 2.19. The van der Waals surface area contributed by atoms with Crippen molar-refractivity contribution in [2.75, 3.05) is 20.6 Å². The van der Waals surface area contributed by atoms with Crippen molar-refractivity contribution in [1.29, 1.82) is 0 Å². The predicted octanol–water partition coefficient (Wildman–Crippen LogP) is 5.29. The molecule has 1 heterocycles. The average Bonchev–Trinajstić information content (AvgIpc) is 2.74. The third-order valence-corrected chi connectivity index (χ3v) is 5.91. The molecule has 0 aromatic heterocycles. The molecule has 0 amide bonds. The third-order valence-electron chi connectivity index (χ3n) is 5.23. The highest BCUT2D eigenvalue weighted by atomic mass is 127. The van der Waals surface area contributed by atoms with Gasteiger partial charge in [-0.1, -0.05) is 36.4 Å². The van der Waals surface area contributed by atoms with Gasteiger partial charge in [-0.15, -0.1) is 0 Å². The molecule has 0 aliphatic carbocycles. The largest absolute Gasteiger partial charge is 0.507 e. The van der Waals surface area contributed by atoms with Crippen LogP contribution in [0.2, 0.25) is 0 Å². The number of hydrogen-bond acceptors (Lipinski definition) is 4. The van der Waals surface area contributed by atoms with E-state index in [1.165, 1.54) is 20.3 Å². The average molecular weight is 523 g/mol. The standard InChI is InChI=1S/C26H26IN3O/c1-30(2)17-19-4-3-5-20(10-19)24-9-6-18(11-26(24)31)13-28-15-22-16-29-14-21-7-8-23(27)12-25(21)22/h3-12,14-15,28,31H,13,16-17H2,1-2H3. The Bertz CT molecular complexity index is 1150. The molecule has 3 aromatic rings. The maximum absolute atomic E-state index is 10.7. The van der Waals surface area contributed by atoms with Crippen LogP contribution in [-0.4, -0.2) is 36.9 Å². The number of fused-ring (bicyclic) bond motifs is 1. The number of nitrogens with one attached hydrogen (secondary N) is 1. The SMILES string of the molecule is CN(C)Cc1cccc(-c2ccc(CNC=C3CN=Cc4ccc(I)cc43)cc2O)c1. The number of benzene rings is 3. The van der Waals surface area contributed by atoms with Gasteiger partial charge < -0.3 is 15.3 Å². The summed E-state index contributed by atoms with van der Waals surface area (Å²) in [5, 5.41) is 14.0. The summed E-state index contributed by atoms with van der Waals surface area (Å²) >= 11 is 2.34. The van der Waals surface area contributed by atoms with Gasteiger partial charge in [0.15, 0.2) is 0 Å². The smallest absolute Gasteiger partial charge is 0.123 e. The van der Waals surface area contributed by atoms with Crippen LogP contribution in [0.3, 0.4) is 0 Å². The van der Waals surface area contributed by atoms with E-state index in [1.54, 1.807) is 0 Å². The highest BCUT2D eigenvalue weighted by Crippen LogP contribution is 2.31. The lowest BCUT2D eigenvalue weighted by Gasteiger charge is -2.15. The van der Waals surface area contributed by atoms with E-state index in [0.717, 1.165) is 28.8 Å². The van der Waals surface area contributed by atoms with Gasteiger partial charge in [-0.3, -0.25) is 4.99 Å². The lowest BCUT2D eigenvalue weighted by molar-refractivity contribution is 0.402. The quantitative estimate of drug-likeness (QED) is 0.432. The maximum atomic E-state index is 10.7. The topological polar surface area (TPSA) is 47.9 Å². The molecule has 5 heteroatoms. The molecule has 0 saturated heterocycles. The number of rotatable bonds is 6. The molecule has 0 saturated carbocycles. The highest BCUT2D eigenvalue weighted by molar-refractivity contribution is 14.1. The Hall–Kier alpha value is -2.64. The van der Waals surface area contributed by atoms with Crippen molar-refractivity contribution < 1.29 is 5.11 Å². The molecule has 2 N–H and O–H groups in total. The van der Waals surface area contributed by atoms with Crippen LogP contribution in [0.5, 0.6) is 5.75 Å². The maximum Gasteiger partial charge on any atom is 0.123 e. The van der Waals surface area contributed by atoms with Crippen molar-refractivity contribution in [3.8, 4) is 16.9 Å². The van der Waals surface area contributed by atoms with Crippen LogP contribution in [0.4, 0.5) is 0 Å². The second-order valence-electron chi connectivity index (χ2n) is 8.04. The summed E-state index contributed by atoms with van der Waals surface area (Å²) in [5.74, 6) is 0.302. The first-order chi connectivity index (χ1) is 15.0. The number of aromatic hydroxyl groups is 1. The van der Waals surface area contributed by atoms with Gasteiger partial charge in [0.25, 0.3) is 0 Å². The molecule has 0 radical (unpaired) electrons. The van der Waals surface area contributed by atoms with Gasteiger partial charge in [-0.05, 0) is 94.3 Å². The minimum absolute atomic E-state index is 0.302. The molecule has 0 bridgehead atoms. The Labute approximate surface area is 197 Å². The van der Waals surface area contributed by atoms with Gasteiger partial charge in [0, 0.05) is 34.6 Å². The summed E-state index contributed by atoms with van der Waals surface area (Å²) in [4.78, 5) is 6.60. The fourth-order valence-electron chi connectivity index (χ4n) is 3.80. The first-order valence-corrected chi connectivity index (χ1v) is 11.4. The second kappa shape index (κ2) is 9.66. The van der Waals surface area contributed by atoms with E-state index in [1.807, 2.05) is 36.7 Å². The van der Waals surface area contributed by atoms with Gasteiger partial charge >= 0.3 is 0 Å². The van der Waals surface area contributed by atoms with E-state index >= 15 is 0 Å². The molecule has 3 aromatic carbocycles. The monoisotopic (exact) mass is 523 g/mol. The van der Waals surface area contributed by atoms with Crippen LogP contribution >= 0.6 is 22.6 Å². The van der Waals surface area contributed by atoms with Crippen molar-refractivity contribution in [2.45, 2.75) is 13.1 Å². The predicted molar refractivity (Wildman–Crippen MR) is 137 cm³/mol. The van der Waals surface area contributed by atoms with E-state index in [9.17, 15) is 5.11 Å². The lowest BCUT2D eigenvalue weighted by atomic mass is 9.99. The molecule has 0 spiro atoms. The van der Waals surface area contributed by atoms with Gasteiger partial charge in [0.05, 0.1) is 6.54 Å². The second-order valence-corrected chi connectivity index (χ2v) is 9.29. The number of phenolic OH excluding ortho intramolecular Hbond substituents is 1. The van der Waals surface area contributed by atoms with Crippen molar-refractivity contribution in [3.05, 3.63) is 92.7 Å². The highest BCUT2D eigenvalue weighted by Gasteiger charge is 2.11. The number of aliphatic imine (C=N–C) groups is 1. The Morgan fingerprint density at radius 2 is 1.90 bits per heavy atom. The first kappa shape index (κ1) is 21.6. The van der Waals surface area contributed by atoms with Crippen LogP contribution < -0.4 is 5.32 Å². The summed E-state index contributed by atoms with van der Waals surface area (Å²) in [6.07, 6.45) is 3.98. The van der Waals surface area contributed by atoms with Crippen LogP contribution in [0.15, 0.2) is 71.9 Å². The summed E-state index contributed by atoms with van der Waals surface area (Å²) < 4.78 is 1.22. The zero-order chi connectivity index (χ0) is 21.8. The summed E-state index contributed by atoms with van der Waals surface area (Å²) in [5.41, 5.74) is 7.70. The Kier molecular flexibility index (Phi) is 6.73. The van der Waals surface area contributed by atoms with Crippen molar-refractivity contribution >= 4 is 34.4 Å². The molecule has 0 atom stereocenters. The van der Waals surface area contributed by atoms with Crippen LogP contribution in [-0.2, 0) is 13.1 Å². The number of halogens is 1. The normalized spacial score (nSPS) is 14.1. The van der Waals surface area contributed by atoms with Crippen LogP contribution in [0, 0.1) is 3.57 Å². The van der Waals surface area contributed by atoms with E-state index < -0.39 is 0 Å². The number of hydrogen-bond donors (Lipinski definition) is 2. The molecular weight excluding hydrogens is 497 g/mol. The fraction of sp³-hybridized carbons (Fsp3) is 0.192. The number of nitrogens with zero attached hydrogens (tertiary/aromatic N) is 2. The van der Waals surface area contributed by atoms with E-state index in [2.05, 4.69) is 88.3 Å². The zero-order valence-electron chi connectivity index (χ0n) is 17.8. The van der Waals surface area contributed by atoms with Gasteiger partial charge in [-0.2, -0.15) is 0 Å². The van der Waals surface area contributed by atoms with Crippen LogP contribution in [0.25, 0.3) is 16.7 Å². The van der Waals surface area contributed by atoms with E-state index in [-0.39, 0.29) is 0 Å². The van der Waals surface area contributed by atoms with Crippen molar-refractivity contribution in [1.82, 2.24) is 10.2 Å². The molecule has 158 valence electrons. The molecule has 31 heavy (non-hydrogen) atoms. The Morgan fingerprint density at radius 1 is 1.03 bits per heavy atom. The Morgan fingerprint density at radius 3 is 2.71 bits per heavy atom. The van der Waals surface area contributed by atoms with Crippen LogP contribution in [0.1, 0.15) is 22.3 Å². The lowest BCUT2D eigenvalue weighted by Crippen LogP contribution is -2.10. The summed E-state index contributed by atoms with van der Waals surface area (Å²) in [6, 6.07) is 20.6. The van der Waals surface area contributed by atoms with Crippen molar-refractivity contribution in [2.24, 2.45) is 4.99 Å². The van der Waals surface area contributed by atoms with Gasteiger partial charge in [0.1, 0.15) is 5.75 Å². The zero-order valence-corrected chi connectivity index (χ0v) is 19.9.